The summed E-state index contributed by atoms with van der Waals surface area (Å²) in [6, 6.07) is 11.3. The number of hydrogen-bond donors (Lipinski definition) is 0. The van der Waals surface area contributed by atoms with Crippen molar-refractivity contribution in [1.82, 2.24) is 0 Å². The van der Waals surface area contributed by atoms with Gasteiger partial charge in [0.2, 0.25) is 0 Å². The Kier molecular flexibility index (Phi) is 3.66. The fourth-order valence-corrected chi connectivity index (χ4v) is 1.93. The molecule has 0 amide bonds. The molecule has 0 saturated carbocycles. The molecule has 0 heterocycles. The summed E-state index contributed by atoms with van der Waals surface area (Å²) in [6.07, 6.45) is 0. The Morgan fingerprint density at radius 2 is 1.72 bits per heavy atom. The van der Waals surface area contributed by atoms with Gasteiger partial charge in [-0.15, -0.1) is 0 Å². The number of hydrogen-bond acceptors (Lipinski definition) is 2. The third-order valence-corrected chi connectivity index (χ3v) is 2.89. The fraction of sp³-hybridized carbons (Fsp3) is 0.133. The van der Waals surface area contributed by atoms with Crippen LogP contribution in [0, 0.1) is 19.7 Å². The second kappa shape index (κ2) is 5.21. The third-order valence-electron chi connectivity index (χ3n) is 2.80. The molecule has 0 aliphatic rings. The standard InChI is InChI=1S/C15H12FNS/c1-10-3-5-12(6-4-10)13-7-11(2)15(17-9-18)14(16)8-13/h3-8H,1-2H3. The average Bonchev–Trinajstić information content (AvgIpc) is 2.34. The van der Waals surface area contributed by atoms with E-state index < -0.39 is 0 Å². The van der Waals surface area contributed by atoms with Crippen LogP contribution in [0.3, 0.4) is 0 Å². The van der Waals surface area contributed by atoms with Crippen molar-refractivity contribution in [1.29, 1.82) is 0 Å². The Morgan fingerprint density at radius 3 is 2.28 bits per heavy atom. The van der Waals surface area contributed by atoms with Crippen molar-refractivity contribution in [2.75, 3.05) is 0 Å². The first-order chi connectivity index (χ1) is 8.61. The molecule has 2 aromatic rings. The second-order valence-corrected chi connectivity index (χ2v) is 4.38. The van der Waals surface area contributed by atoms with Crippen molar-refractivity contribution in [2.45, 2.75) is 13.8 Å². The molecule has 0 unspecified atom stereocenters. The molecule has 0 aliphatic heterocycles. The zero-order valence-corrected chi connectivity index (χ0v) is 11.0. The molecular formula is C15H12FNS. The molecule has 90 valence electrons. The van der Waals surface area contributed by atoms with Gasteiger partial charge in [0.1, 0.15) is 5.69 Å². The van der Waals surface area contributed by atoms with E-state index in [-0.39, 0.29) is 11.5 Å². The quantitative estimate of drug-likeness (QED) is 0.553. The zero-order chi connectivity index (χ0) is 13.1. The predicted molar refractivity (Wildman–Crippen MR) is 76.0 cm³/mol. The van der Waals surface area contributed by atoms with Crippen molar-refractivity contribution < 1.29 is 4.39 Å². The van der Waals surface area contributed by atoms with Crippen LogP contribution in [0.2, 0.25) is 0 Å². The number of benzene rings is 2. The summed E-state index contributed by atoms with van der Waals surface area (Å²) in [5.74, 6) is -0.372. The minimum Gasteiger partial charge on any atom is -0.205 e. The van der Waals surface area contributed by atoms with E-state index in [1.807, 2.05) is 44.2 Å². The molecule has 18 heavy (non-hydrogen) atoms. The summed E-state index contributed by atoms with van der Waals surface area (Å²) in [5.41, 5.74) is 4.02. The van der Waals surface area contributed by atoms with Crippen LogP contribution < -0.4 is 0 Å². The highest BCUT2D eigenvalue weighted by Crippen LogP contribution is 2.29. The maximum absolute atomic E-state index is 13.9. The molecule has 0 spiro atoms. The molecule has 3 heteroatoms. The maximum atomic E-state index is 13.9. The van der Waals surface area contributed by atoms with E-state index in [0.717, 1.165) is 16.7 Å². The Morgan fingerprint density at radius 1 is 1.06 bits per heavy atom. The van der Waals surface area contributed by atoms with Crippen molar-refractivity contribution in [2.24, 2.45) is 4.99 Å². The lowest BCUT2D eigenvalue weighted by atomic mass is 10.0. The predicted octanol–water partition coefficient (Wildman–Crippen LogP) is 4.84. The van der Waals surface area contributed by atoms with Crippen LogP contribution in [0.15, 0.2) is 41.4 Å². The van der Waals surface area contributed by atoms with Crippen LogP contribution in [0.1, 0.15) is 11.1 Å². The van der Waals surface area contributed by atoms with E-state index in [1.54, 1.807) is 0 Å². The van der Waals surface area contributed by atoms with Crippen LogP contribution in [-0.4, -0.2) is 5.16 Å². The van der Waals surface area contributed by atoms with Crippen LogP contribution in [0.4, 0.5) is 10.1 Å². The minimum atomic E-state index is -0.372. The Labute approximate surface area is 111 Å². The minimum absolute atomic E-state index is 0.265. The van der Waals surface area contributed by atoms with Crippen LogP contribution in [0.5, 0.6) is 0 Å². The summed E-state index contributed by atoms with van der Waals surface area (Å²) >= 11 is 4.51. The summed E-state index contributed by atoms with van der Waals surface area (Å²) in [4.78, 5) is 3.74. The first-order valence-electron chi connectivity index (χ1n) is 5.57. The van der Waals surface area contributed by atoms with Crippen LogP contribution in [0.25, 0.3) is 11.1 Å². The van der Waals surface area contributed by atoms with Crippen molar-refractivity contribution >= 4 is 23.1 Å². The number of isothiocyanates is 1. The van der Waals surface area contributed by atoms with E-state index in [0.29, 0.717) is 0 Å². The lowest BCUT2D eigenvalue weighted by Gasteiger charge is -2.07. The molecule has 0 saturated heterocycles. The van der Waals surface area contributed by atoms with Crippen molar-refractivity contribution in [3.63, 3.8) is 0 Å². The Hall–Kier alpha value is -1.83. The van der Waals surface area contributed by atoms with E-state index in [1.165, 1.54) is 11.6 Å². The smallest absolute Gasteiger partial charge is 0.150 e. The van der Waals surface area contributed by atoms with Gasteiger partial charge in [0.15, 0.2) is 5.82 Å². The molecular weight excluding hydrogens is 245 g/mol. The van der Waals surface area contributed by atoms with Gasteiger partial charge < -0.3 is 0 Å². The number of rotatable bonds is 2. The first-order valence-corrected chi connectivity index (χ1v) is 5.97. The van der Waals surface area contributed by atoms with E-state index in [4.69, 9.17) is 0 Å². The molecule has 2 aromatic carbocycles. The number of aryl methyl sites for hydroxylation is 2. The van der Waals surface area contributed by atoms with Gasteiger partial charge in [-0.05, 0) is 54.9 Å². The van der Waals surface area contributed by atoms with Gasteiger partial charge in [-0.2, -0.15) is 4.99 Å². The number of nitrogens with zero attached hydrogens (tertiary/aromatic N) is 1. The maximum Gasteiger partial charge on any atom is 0.150 e. The van der Waals surface area contributed by atoms with Gasteiger partial charge in [-0.25, -0.2) is 4.39 Å². The van der Waals surface area contributed by atoms with Gasteiger partial charge >= 0.3 is 0 Å². The monoisotopic (exact) mass is 257 g/mol. The summed E-state index contributed by atoms with van der Waals surface area (Å²) < 4.78 is 13.9. The van der Waals surface area contributed by atoms with E-state index >= 15 is 0 Å². The van der Waals surface area contributed by atoms with Crippen molar-refractivity contribution in [3.8, 4) is 11.1 Å². The Bertz CT molecular complexity index is 602. The van der Waals surface area contributed by atoms with Crippen molar-refractivity contribution in [3.05, 3.63) is 53.3 Å². The number of halogens is 1. The summed E-state index contributed by atoms with van der Waals surface area (Å²) in [7, 11) is 0. The normalized spacial score (nSPS) is 9.94. The first kappa shape index (κ1) is 12.6. The summed E-state index contributed by atoms with van der Waals surface area (Å²) in [6.45, 7) is 3.83. The van der Waals surface area contributed by atoms with Crippen LogP contribution in [-0.2, 0) is 0 Å². The molecule has 0 fully saturated rings. The molecule has 0 aliphatic carbocycles. The number of aliphatic imine (C=N–C) groups is 1. The zero-order valence-electron chi connectivity index (χ0n) is 10.2. The van der Waals surface area contributed by atoms with Gasteiger partial charge in [0.25, 0.3) is 0 Å². The molecule has 0 bridgehead atoms. The fourth-order valence-electron chi connectivity index (χ4n) is 1.84. The SMILES string of the molecule is Cc1ccc(-c2cc(C)c(N=C=S)c(F)c2)cc1. The molecule has 0 atom stereocenters. The lowest BCUT2D eigenvalue weighted by Crippen LogP contribution is -1.86. The lowest BCUT2D eigenvalue weighted by molar-refractivity contribution is 0.629. The summed E-state index contributed by atoms with van der Waals surface area (Å²) in [5, 5.41) is 2.20. The van der Waals surface area contributed by atoms with E-state index in [9.17, 15) is 4.39 Å². The van der Waals surface area contributed by atoms with Crippen LogP contribution >= 0.6 is 12.2 Å². The molecule has 0 aromatic heterocycles. The van der Waals surface area contributed by atoms with Gasteiger partial charge in [0.05, 0.1) is 5.16 Å². The highest BCUT2D eigenvalue weighted by molar-refractivity contribution is 7.78. The van der Waals surface area contributed by atoms with E-state index in [2.05, 4.69) is 22.4 Å². The average molecular weight is 257 g/mol. The number of thiocarbonyl (C=S) groups is 1. The largest absolute Gasteiger partial charge is 0.205 e. The topological polar surface area (TPSA) is 12.4 Å². The molecule has 0 radical (unpaired) electrons. The second-order valence-electron chi connectivity index (χ2n) is 4.19. The molecule has 2 rings (SSSR count). The van der Waals surface area contributed by atoms with Gasteiger partial charge in [0, 0.05) is 0 Å². The van der Waals surface area contributed by atoms with Gasteiger partial charge in [-0.1, -0.05) is 29.8 Å². The molecule has 1 nitrogen and oxygen atoms in total. The Balaban J connectivity index is 2.54. The van der Waals surface area contributed by atoms with Gasteiger partial charge in [-0.3, -0.25) is 0 Å². The highest BCUT2D eigenvalue weighted by atomic mass is 32.1. The highest BCUT2D eigenvalue weighted by Gasteiger charge is 2.08. The molecule has 0 N–H and O–H groups in total. The third kappa shape index (κ3) is 2.53.